The van der Waals surface area contributed by atoms with Gasteiger partial charge in [-0.15, -0.1) is 0 Å². The van der Waals surface area contributed by atoms with Crippen molar-refractivity contribution in [3.8, 4) is 17.0 Å². The molecule has 0 radical (unpaired) electrons. The number of hydrogen-bond donors (Lipinski definition) is 0. The van der Waals surface area contributed by atoms with E-state index in [2.05, 4.69) is 138 Å². The number of benzene rings is 3. The van der Waals surface area contributed by atoms with Gasteiger partial charge in [-0.2, -0.15) is 0 Å². The van der Waals surface area contributed by atoms with Crippen molar-refractivity contribution in [3.05, 3.63) is 95.0 Å². The Morgan fingerprint density at radius 3 is 1.74 bits per heavy atom. The van der Waals surface area contributed by atoms with Gasteiger partial charge in [0.1, 0.15) is 5.75 Å². The quantitative estimate of drug-likeness (QED) is 0.243. The minimum absolute atomic E-state index is 0.0630. The molecule has 158 valence electrons. The number of aromatic nitrogens is 2. The average Bonchev–Trinajstić information content (AvgIpc) is 3.11. The Balaban J connectivity index is 1.81. The molecule has 0 fully saturated rings. The van der Waals surface area contributed by atoms with E-state index >= 15 is 0 Å². The zero-order chi connectivity index (χ0) is 22.1. The molecule has 0 aliphatic rings. The van der Waals surface area contributed by atoms with Crippen LogP contribution < -0.4 is 14.8 Å². The van der Waals surface area contributed by atoms with Gasteiger partial charge >= 0.3 is 8.32 Å². The van der Waals surface area contributed by atoms with Crippen LogP contribution in [0.5, 0.6) is 5.75 Å². The summed E-state index contributed by atoms with van der Waals surface area (Å²) in [5.74, 6) is 0.898. The average molecular weight is 539 g/mol. The number of hydrogen-bond acceptors (Lipinski definition) is 2. The van der Waals surface area contributed by atoms with Crippen LogP contribution in [0.25, 0.3) is 11.3 Å². The minimum atomic E-state index is -2.61. The fourth-order valence-electron chi connectivity index (χ4n) is 4.18. The van der Waals surface area contributed by atoms with Crippen LogP contribution in [-0.4, -0.2) is 17.9 Å². The summed E-state index contributed by atoms with van der Waals surface area (Å²) >= 11 is 2.25. The molecular formula is C26H27IN2OSi. The highest BCUT2D eigenvalue weighted by Gasteiger charge is 2.52. The van der Waals surface area contributed by atoms with E-state index < -0.39 is 8.32 Å². The first-order valence-corrected chi connectivity index (χ1v) is 13.4. The molecule has 4 aromatic rings. The van der Waals surface area contributed by atoms with Gasteiger partial charge in [0.25, 0.3) is 0 Å². The van der Waals surface area contributed by atoms with Crippen LogP contribution in [0.4, 0.5) is 0 Å². The number of rotatable bonds is 5. The van der Waals surface area contributed by atoms with Crippen LogP contribution >= 0.6 is 22.6 Å². The maximum atomic E-state index is 7.08. The molecule has 1 heterocycles. The predicted octanol–water partition coefficient (Wildman–Crippen LogP) is 5.63. The van der Waals surface area contributed by atoms with Gasteiger partial charge in [0.05, 0.1) is 11.9 Å². The number of halogens is 1. The van der Waals surface area contributed by atoms with E-state index in [0.717, 1.165) is 20.8 Å². The summed E-state index contributed by atoms with van der Waals surface area (Å²) in [6.07, 6.45) is 1.92. The third-order valence-electron chi connectivity index (χ3n) is 5.77. The third-order valence-corrected chi connectivity index (χ3v) is 11.7. The predicted molar refractivity (Wildman–Crippen MR) is 140 cm³/mol. The smallest absolute Gasteiger partial charge is 0.319 e. The molecule has 0 unspecified atom stereocenters. The summed E-state index contributed by atoms with van der Waals surface area (Å²) in [6, 6.07) is 29.9. The second-order valence-corrected chi connectivity index (χ2v) is 13.9. The van der Waals surface area contributed by atoms with E-state index in [1.54, 1.807) is 0 Å². The summed E-state index contributed by atoms with van der Waals surface area (Å²) in [5.41, 5.74) is 2.23. The Bertz CT molecular complexity index is 1110. The molecule has 0 amide bonds. The van der Waals surface area contributed by atoms with Crippen molar-refractivity contribution >= 4 is 41.3 Å². The molecule has 0 saturated heterocycles. The second-order valence-electron chi connectivity index (χ2n) is 8.76. The molecule has 0 N–H and O–H groups in total. The summed E-state index contributed by atoms with van der Waals surface area (Å²) in [6.45, 7) is 6.89. The van der Waals surface area contributed by atoms with Gasteiger partial charge in [0, 0.05) is 12.6 Å². The molecular weight excluding hydrogens is 511 g/mol. The Labute approximate surface area is 199 Å². The Hall–Kier alpha value is -2.38. The second kappa shape index (κ2) is 8.63. The van der Waals surface area contributed by atoms with E-state index in [1.165, 1.54) is 10.4 Å². The minimum Gasteiger partial charge on any atom is -0.534 e. The van der Waals surface area contributed by atoms with E-state index in [9.17, 15) is 0 Å². The number of nitrogens with zero attached hydrogens (tertiary/aromatic N) is 2. The van der Waals surface area contributed by atoms with Crippen molar-refractivity contribution in [2.24, 2.45) is 7.05 Å². The first-order chi connectivity index (χ1) is 14.8. The monoisotopic (exact) mass is 538 g/mol. The van der Waals surface area contributed by atoms with Crippen molar-refractivity contribution in [1.29, 1.82) is 0 Å². The maximum Gasteiger partial charge on any atom is 0.319 e. The van der Waals surface area contributed by atoms with E-state index in [1.807, 2.05) is 13.2 Å². The standard InChI is InChI=1S/C26H27IN2OSi/c1-26(2,3)31(22-11-7-5-8-12-22,23-13-9-6-10-14-23)30-21-17-15-20(16-18-21)24-19-28-25(27)29(24)4/h5-19H,1-4H3. The van der Waals surface area contributed by atoms with Gasteiger partial charge in [-0.25, -0.2) is 4.98 Å². The molecule has 0 aliphatic carbocycles. The van der Waals surface area contributed by atoms with Crippen molar-refractivity contribution < 1.29 is 4.43 Å². The van der Waals surface area contributed by atoms with E-state index in [0.29, 0.717) is 0 Å². The van der Waals surface area contributed by atoms with Crippen molar-refractivity contribution in [2.45, 2.75) is 25.8 Å². The molecule has 4 rings (SSSR count). The summed E-state index contributed by atoms with van der Waals surface area (Å²) < 4.78 is 10.1. The van der Waals surface area contributed by atoms with Gasteiger partial charge in [-0.3, -0.25) is 0 Å². The lowest BCUT2D eigenvalue weighted by Gasteiger charge is -2.43. The third kappa shape index (κ3) is 4.08. The lowest BCUT2D eigenvalue weighted by atomic mass is 10.1. The largest absolute Gasteiger partial charge is 0.534 e. The van der Waals surface area contributed by atoms with Crippen molar-refractivity contribution in [1.82, 2.24) is 9.55 Å². The first kappa shape index (κ1) is 21.8. The molecule has 0 bridgehead atoms. The highest BCUT2D eigenvalue weighted by Crippen LogP contribution is 2.38. The summed E-state index contributed by atoms with van der Waals surface area (Å²) in [7, 11) is -0.574. The molecule has 3 nitrogen and oxygen atoms in total. The van der Waals surface area contributed by atoms with Crippen LogP contribution in [0.1, 0.15) is 20.8 Å². The zero-order valence-corrected chi connectivity index (χ0v) is 21.5. The molecule has 31 heavy (non-hydrogen) atoms. The highest BCUT2D eigenvalue weighted by molar-refractivity contribution is 14.1. The highest BCUT2D eigenvalue weighted by atomic mass is 127. The molecule has 0 spiro atoms. The van der Waals surface area contributed by atoms with E-state index in [-0.39, 0.29) is 5.04 Å². The van der Waals surface area contributed by atoms with Crippen molar-refractivity contribution in [2.75, 3.05) is 0 Å². The molecule has 0 aliphatic heterocycles. The Kier molecular flexibility index (Phi) is 6.08. The summed E-state index contributed by atoms with van der Waals surface area (Å²) in [4.78, 5) is 4.41. The molecule has 1 aromatic heterocycles. The van der Waals surface area contributed by atoms with Crippen molar-refractivity contribution in [3.63, 3.8) is 0 Å². The van der Waals surface area contributed by atoms with Gasteiger partial charge in [0.15, 0.2) is 3.83 Å². The fourth-order valence-corrected chi connectivity index (χ4v) is 8.99. The van der Waals surface area contributed by atoms with E-state index in [4.69, 9.17) is 4.43 Å². The van der Waals surface area contributed by atoms with Gasteiger partial charge in [-0.1, -0.05) is 81.4 Å². The fraction of sp³-hybridized carbons (Fsp3) is 0.192. The zero-order valence-electron chi connectivity index (χ0n) is 18.3. The Morgan fingerprint density at radius 1 is 0.806 bits per heavy atom. The molecule has 5 heteroatoms. The number of imidazole rings is 1. The normalized spacial score (nSPS) is 12.0. The summed E-state index contributed by atoms with van der Waals surface area (Å²) in [5, 5.41) is 2.49. The lowest BCUT2D eigenvalue weighted by molar-refractivity contribution is 0.508. The van der Waals surface area contributed by atoms with Gasteiger partial charge < -0.3 is 8.99 Å². The van der Waals surface area contributed by atoms with Gasteiger partial charge in [0.2, 0.25) is 0 Å². The molecule has 0 saturated carbocycles. The van der Waals surface area contributed by atoms with Crippen LogP contribution in [0.2, 0.25) is 5.04 Å². The SMILES string of the molecule is Cn1c(-c2ccc(O[Si](c3ccccc3)(c3ccccc3)C(C)(C)C)cc2)cnc1I. The lowest BCUT2D eigenvalue weighted by Crippen LogP contribution is -2.68. The van der Waals surface area contributed by atoms with Crippen LogP contribution in [-0.2, 0) is 7.05 Å². The van der Waals surface area contributed by atoms with Gasteiger partial charge in [-0.05, 0) is 62.3 Å². The Morgan fingerprint density at radius 2 is 1.32 bits per heavy atom. The molecule has 0 atom stereocenters. The molecule has 3 aromatic carbocycles. The van der Waals surface area contributed by atoms with Crippen LogP contribution in [0, 0.1) is 3.83 Å². The first-order valence-electron chi connectivity index (χ1n) is 10.4. The topological polar surface area (TPSA) is 27.1 Å². The maximum absolute atomic E-state index is 7.08. The van der Waals surface area contributed by atoms with Crippen LogP contribution in [0.3, 0.4) is 0 Å². The van der Waals surface area contributed by atoms with Crippen LogP contribution in [0.15, 0.2) is 91.1 Å².